The van der Waals surface area contributed by atoms with Crippen molar-refractivity contribution in [2.75, 3.05) is 11.5 Å². The van der Waals surface area contributed by atoms with Crippen LogP contribution in [0.2, 0.25) is 15.1 Å². The highest BCUT2D eigenvalue weighted by molar-refractivity contribution is 7.86. The van der Waals surface area contributed by atoms with Gasteiger partial charge in [0.05, 0.1) is 26.8 Å². The molecule has 1 amide bonds. The van der Waals surface area contributed by atoms with Crippen LogP contribution >= 0.6 is 34.8 Å². The van der Waals surface area contributed by atoms with Gasteiger partial charge in [0, 0.05) is 39.9 Å². The van der Waals surface area contributed by atoms with Gasteiger partial charge in [-0.1, -0.05) is 46.0 Å². The van der Waals surface area contributed by atoms with E-state index in [1.807, 2.05) is 0 Å². The molecule has 0 spiro atoms. The van der Waals surface area contributed by atoms with Crippen molar-refractivity contribution >= 4 is 57.2 Å². The first kappa shape index (κ1) is 24.3. The lowest BCUT2D eigenvalue weighted by molar-refractivity contribution is -0.275. The highest BCUT2D eigenvalue weighted by Gasteiger charge is 2.62. The Morgan fingerprint density at radius 1 is 1.18 bits per heavy atom. The largest absolute Gasteiger partial charge is 0.435 e. The first-order valence-corrected chi connectivity index (χ1v) is 12.3. The van der Waals surface area contributed by atoms with Crippen molar-refractivity contribution in [3.05, 3.63) is 67.7 Å². The molecule has 0 aliphatic carbocycles. The van der Waals surface area contributed by atoms with Crippen LogP contribution in [-0.4, -0.2) is 39.6 Å². The minimum Gasteiger partial charge on any atom is -0.374 e. The first-order chi connectivity index (χ1) is 15.4. The Bertz CT molecular complexity index is 1170. The third kappa shape index (κ3) is 4.48. The minimum atomic E-state index is -4.84. The summed E-state index contributed by atoms with van der Waals surface area (Å²) >= 11 is 17.8. The summed E-state index contributed by atoms with van der Waals surface area (Å²) in [4.78, 5) is 17.5. The van der Waals surface area contributed by atoms with Crippen molar-refractivity contribution < 1.29 is 27.0 Å². The highest BCUT2D eigenvalue weighted by Crippen LogP contribution is 2.50. The number of carbonyl (C=O) groups is 1. The van der Waals surface area contributed by atoms with E-state index in [4.69, 9.17) is 39.6 Å². The van der Waals surface area contributed by atoms with E-state index in [0.717, 1.165) is 12.1 Å². The molecule has 1 saturated heterocycles. The molecular formula is C21H16Cl3F3N2O3S. The summed E-state index contributed by atoms with van der Waals surface area (Å²) in [6.45, 7) is 1.67. The zero-order valence-electron chi connectivity index (χ0n) is 16.9. The van der Waals surface area contributed by atoms with Gasteiger partial charge in [0.2, 0.25) is 0 Å². The normalized spacial score (nSPS) is 24.6. The van der Waals surface area contributed by atoms with E-state index in [-0.39, 0.29) is 38.3 Å². The number of oxime groups is 1. The van der Waals surface area contributed by atoms with Gasteiger partial charge in [-0.05, 0) is 42.3 Å². The average molecular weight is 540 g/mol. The molecule has 2 aromatic rings. The number of benzene rings is 2. The molecule has 12 heteroatoms. The van der Waals surface area contributed by atoms with Crippen LogP contribution in [0.4, 0.5) is 13.2 Å². The quantitative estimate of drug-likeness (QED) is 0.529. The fourth-order valence-electron chi connectivity index (χ4n) is 3.69. The Morgan fingerprint density at radius 2 is 1.82 bits per heavy atom. The molecule has 4 rings (SSSR count). The molecule has 2 aliphatic rings. The van der Waals surface area contributed by atoms with Crippen LogP contribution in [0.15, 0.2) is 35.5 Å². The molecule has 1 atom stereocenters. The maximum absolute atomic E-state index is 14.2. The van der Waals surface area contributed by atoms with Crippen molar-refractivity contribution in [1.29, 1.82) is 0 Å². The van der Waals surface area contributed by atoms with E-state index in [2.05, 4.69) is 10.5 Å². The molecule has 176 valence electrons. The van der Waals surface area contributed by atoms with Gasteiger partial charge in [-0.25, -0.2) is 0 Å². The molecule has 1 N–H and O–H groups in total. The number of nitrogens with zero attached hydrogens (tertiary/aromatic N) is 1. The van der Waals surface area contributed by atoms with E-state index in [9.17, 15) is 22.2 Å². The molecule has 1 unspecified atom stereocenters. The van der Waals surface area contributed by atoms with Crippen molar-refractivity contribution in [1.82, 2.24) is 5.32 Å². The predicted molar refractivity (Wildman–Crippen MR) is 122 cm³/mol. The fourth-order valence-corrected chi connectivity index (χ4v) is 5.25. The van der Waals surface area contributed by atoms with Gasteiger partial charge in [0.15, 0.2) is 0 Å². The molecule has 5 nitrogen and oxygen atoms in total. The molecular weight excluding hydrogens is 524 g/mol. The van der Waals surface area contributed by atoms with Gasteiger partial charge in [-0.3, -0.25) is 9.00 Å². The lowest BCUT2D eigenvalue weighted by Gasteiger charge is -2.30. The highest BCUT2D eigenvalue weighted by atomic mass is 35.5. The Balaban J connectivity index is 1.60. The lowest BCUT2D eigenvalue weighted by atomic mass is 9.86. The number of rotatable bonds is 4. The van der Waals surface area contributed by atoms with E-state index in [0.29, 0.717) is 28.2 Å². The monoisotopic (exact) mass is 538 g/mol. The van der Waals surface area contributed by atoms with Crippen LogP contribution < -0.4 is 5.32 Å². The van der Waals surface area contributed by atoms with Crippen LogP contribution in [0, 0.1) is 6.92 Å². The summed E-state index contributed by atoms with van der Waals surface area (Å²) in [6.07, 6.45) is -5.46. The summed E-state index contributed by atoms with van der Waals surface area (Å²) in [5, 5.41) is 6.18. The van der Waals surface area contributed by atoms with Crippen molar-refractivity contribution in [3.8, 4) is 0 Å². The predicted octanol–water partition coefficient (Wildman–Crippen LogP) is 5.40. The van der Waals surface area contributed by atoms with Crippen molar-refractivity contribution in [2.45, 2.75) is 31.2 Å². The number of aryl methyl sites for hydroxylation is 1. The number of carbonyl (C=O) groups excluding carboxylic acids is 1. The molecule has 0 aromatic heterocycles. The number of hydrogen-bond donors (Lipinski definition) is 1. The number of hydrogen-bond acceptors (Lipinski definition) is 4. The average Bonchev–Trinajstić information content (AvgIpc) is 3.17. The Hall–Kier alpha value is -1.81. The van der Waals surface area contributed by atoms with Crippen LogP contribution in [0.1, 0.15) is 33.5 Å². The fraction of sp³-hybridized carbons (Fsp3) is 0.333. The summed E-state index contributed by atoms with van der Waals surface area (Å²) in [7, 11) is -0.901. The van der Waals surface area contributed by atoms with Crippen molar-refractivity contribution in [3.63, 3.8) is 0 Å². The number of amides is 1. The van der Waals surface area contributed by atoms with Gasteiger partial charge in [-0.2, -0.15) is 13.2 Å². The van der Waals surface area contributed by atoms with Crippen LogP contribution in [0.25, 0.3) is 0 Å². The molecule has 33 heavy (non-hydrogen) atoms. The SMILES string of the molecule is Cc1cc(C2=NOC(c3cc(Cl)c(Cl)c(Cl)c3)(C(F)(F)F)C2)ccc1C(=O)NC1CS(=O)C1. The molecule has 0 bridgehead atoms. The Kier molecular flexibility index (Phi) is 6.46. The Morgan fingerprint density at radius 3 is 2.36 bits per heavy atom. The summed E-state index contributed by atoms with van der Waals surface area (Å²) in [5.41, 5.74) is -1.75. The second-order valence-corrected chi connectivity index (χ2v) is 10.6. The third-order valence-electron chi connectivity index (χ3n) is 5.55. The van der Waals surface area contributed by atoms with Crippen molar-refractivity contribution in [2.24, 2.45) is 5.16 Å². The smallest absolute Gasteiger partial charge is 0.374 e. The molecule has 1 fully saturated rings. The Labute approximate surface area is 204 Å². The van der Waals surface area contributed by atoms with Gasteiger partial charge < -0.3 is 10.2 Å². The third-order valence-corrected chi connectivity index (χ3v) is 8.29. The van der Waals surface area contributed by atoms with E-state index in [1.165, 1.54) is 12.1 Å². The zero-order valence-corrected chi connectivity index (χ0v) is 20.0. The molecule has 2 aliphatic heterocycles. The summed E-state index contributed by atoms with van der Waals surface area (Å²) in [6, 6.07) is 6.58. The number of alkyl halides is 3. The topological polar surface area (TPSA) is 67.8 Å². The van der Waals surface area contributed by atoms with E-state index < -0.39 is 29.0 Å². The van der Waals surface area contributed by atoms with Crippen LogP contribution in [-0.2, 0) is 21.2 Å². The molecule has 2 aromatic carbocycles. The van der Waals surface area contributed by atoms with Gasteiger partial charge in [0.25, 0.3) is 11.5 Å². The maximum Gasteiger partial charge on any atom is 0.435 e. The maximum atomic E-state index is 14.2. The van der Waals surface area contributed by atoms with Gasteiger partial charge in [0.1, 0.15) is 0 Å². The van der Waals surface area contributed by atoms with Gasteiger partial charge in [-0.15, -0.1) is 0 Å². The number of halogens is 6. The van der Waals surface area contributed by atoms with E-state index in [1.54, 1.807) is 13.0 Å². The van der Waals surface area contributed by atoms with Gasteiger partial charge >= 0.3 is 6.18 Å². The summed E-state index contributed by atoms with van der Waals surface area (Å²) in [5.74, 6) is 0.491. The van der Waals surface area contributed by atoms with Crippen LogP contribution in [0.5, 0.6) is 0 Å². The molecule has 0 saturated carbocycles. The van der Waals surface area contributed by atoms with Crippen LogP contribution in [0.3, 0.4) is 0 Å². The second kappa shape index (κ2) is 8.76. The molecule has 0 radical (unpaired) electrons. The first-order valence-electron chi connectivity index (χ1n) is 9.65. The summed E-state index contributed by atoms with van der Waals surface area (Å²) < 4.78 is 53.8. The number of nitrogens with one attached hydrogen (secondary N) is 1. The standard InChI is InChI=1S/C21H16Cl3F3N2O3S/c1-10-4-11(2-3-14(10)19(30)28-13-8-33(31)9-13)17-7-20(32-29-17,21(25,26)27)12-5-15(22)18(24)16(23)6-12/h2-6,13H,7-9H2,1H3,(H,28,30). The molecule has 2 heterocycles. The van der Waals surface area contributed by atoms with E-state index >= 15 is 0 Å². The zero-order chi connectivity index (χ0) is 24.1. The second-order valence-electron chi connectivity index (χ2n) is 7.86. The lowest BCUT2D eigenvalue weighted by Crippen LogP contribution is -2.50. The minimum absolute atomic E-state index is 0.0546.